The summed E-state index contributed by atoms with van der Waals surface area (Å²) in [6, 6.07) is 14.5. The number of aromatic carboxylic acids is 1. The van der Waals surface area contributed by atoms with Crippen molar-refractivity contribution in [1.82, 2.24) is 4.57 Å². The molecule has 3 heterocycles. The molecule has 33 heavy (non-hydrogen) atoms. The molecule has 168 valence electrons. The van der Waals surface area contributed by atoms with Gasteiger partial charge in [0.2, 0.25) is 6.35 Å². The Morgan fingerprint density at radius 1 is 1.18 bits per heavy atom. The molecule has 1 atom stereocenters. The summed E-state index contributed by atoms with van der Waals surface area (Å²) in [6.45, 7) is 4.01. The van der Waals surface area contributed by atoms with Crippen LogP contribution in [0.3, 0.4) is 0 Å². The number of thiophene rings is 1. The van der Waals surface area contributed by atoms with Gasteiger partial charge in [-0.2, -0.15) is 0 Å². The number of hydrogen-bond acceptors (Lipinski definition) is 5. The van der Waals surface area contributed by atoms with Crippen LogP contribution in [0.1, 0.15) is 36.9 Å². The van der Waals surface area contributed by atoms with Crippen molar-refractivity contribution in [2.45, 2.75) is 26.7 Å². The van der Waals surface area contributed by atoms with Crippen LogP contribution in [0.15, 0.2) is 48.5 Å². The number of carboxylic acids is 1. The van der Waals surface area contributed by atoms with Gasteiger partial charge in [-0.3, -0.25) is 9.69 Å². The van der Waals surface area contributed by atoms with E-state index in [0.29, 0.717) is 26.5 Å². The van der Waals surface area contributed by atoms with E-state index in [1.54, 1.807) is 22.8 Å². The second-order valence-electron chi connectivity index (χ2n) is 7.92. The van der Waals surface area contributed by atoms with Gasteiger partial charge >= 0.3 is 5.97 Å². The fraction of sp³-hybridized carbons (Fsp3) is 0.167. The number of fused-ring (bicyclic) bond motifs is 2. The molecule has 1 unspecified atom stereocenters. The maximum absolute atomic E-state index is 13.6. The fourth-order valence-electron chi connectivity index (χ4n) is 4.32. The number of halogens is 1. The number of benzene rings is 2. The number of nitrogens with one attached hydrogen (secondary N) is 1. The Balaban J connectivity index is 1.78. The zero-order valence-electron chi connectivity index (χ0n) is 17.8. The van der Waals surface area contributed by atoms with Crippen LogP contribution in [0.5, 0.6) is 0 Å². The topological polar surface area (TPSA) is 94.8 Å². The van der Waals surface area contributed by atoms with E-state index in [1.807, 2.05) is 44.2 Å². The Kier molecular flexibility index (Phi) is 5.16. The monoisotopic (exact) mass is 481 g/mol. The van der Waals surface area contributed by atoms with Crippen LogP contribution in [0.25, 0.3) is 10.9 Å². The van der Waals surface area contributed by atoms with Crippen molar-refractivity contribution in [2.24, 2.45) is 0 Å². The Morgan fingerprint density at radius 2 is 1.91 bits per heavy atom. The number of carboxylic acid groups (broad SMARTS) is 1. The van der Waals surface area contributed by atoms with Crippen LogP contribution in [-0.4, -0.2) is 33.0 Å². The molecule has 0 radical (unpaired) electrons. The fourth-order valence-corrected chi connectivity index (χ4v) is 5.56. The Morgan fingerprint density at radius 3 is 2.61 bits per heavy atom. The lowest BCUT2D eigenvalue weighted by Gasteiger charge is -2.33. The van der Waals surface area contributed by atoms with Crippen molar-refractivity contribution >= 4 is 56.4 Å². The van der Waals surface area contributed by atoms with E-state index < -0.39 is 18.2 Å². The second-order valence-corrected chi connectivity index (χ2v) is 9.58. The van der Waals surface area contributed by atoms with Gasteiger partial charge in [0.1, 0.15) is 5.00 Å². The first kappa shape index (κ1) is 21.5. The first-order chi connectivity index (χ1) is 15.8. The lowest BCUT2D eigenvalue weighted by Crippen LogP contribution is -2.49. The molecule has 1 aliphatic rings. The minimum absolute atomic E-state index is 0.0987. The molecule has 2 aromatic heterocycles. The maximum atomic E-state index is 13.6. The summed E-state index contributed by atoms with van der Waals surface area (Å²) in [4.78, 5) is 28.3. The average molecular weight is 482 g/mol. The van der Waals surface area contributed by atoms with E-state index >= 15 is 0 Å². The highest BCUT2D eigenvalue weighted by Crippen LogP contribution is 2.43. The number of hydrogen-bond donors (Lipinski definition) is 3. The number of anilines is 2. The van der Waals surface area contributed by atoms with Crippen LogP contribution in [-0.2, 0) is 6.54 Å². The molecule has 0 saturated heterocycles. The van der Waals surface area contributed by atoms with Gasteiger partial charge in [0.15, 0.2) is 5.69 Å². The van der Waals surface area contributed by atoms with Gasteiger partial charge in [-0.15, -0.1) is 11.3 Å². The van der Waals surface area contributed by atoms with Crippen LogP contribution in [0.4, 0.5) is 10.7 Å². The summed E-state index contributed by atoms with van der Waals surface area (Å²) in [5.41, 5.74) is 2.74. The standard InChI is InChI=1S/C24H20ClN3O4S/c1-12-13(2)33-21-18(12)22(29)28(24(32)26-21)19-16-10-15(25)8-9-17(16)27(20(19)23(30)31)11-14-6-4-3-5-7-14/h3-10,24,26,32H,11H2,1-2H3,(H,30,31). The zero-order valence-corrected chi connectivity index (χ0v) is 19.4. The van der Waals surface area contributed by atoms with Crippen LogP contribution < -0.4 is 10.2 Å². The van der Waals surface area contributed by atoms with E-state index in [-0.39, 0.29) is 17.9 Å². The highest BCUT2D eigenvalue weighted by molar-refractivity contribution is 7.16. The largest absolute Gasteiger partial charge is 0.477 e. The molecule has 4 aromatic rings. The third-order valence-electron chi connectivity index (χ3n) is 5.95. The van der Waals surface area contributed by atoms with Crippen molar-refractivity contribution in [2.75, 3.05) is 10.2 Å². The molecule has 9 heteroatoms. The van der Waals surface area contributed by atoms with E-state index in [4.69, 9.17) is 11.6 Å². The van der Waals surface area contributed by atoms with Crippen LogP contribution in [0, 0.1) is 13.8 Å². The third kappa shape index (κ3) is 3.38. The highest BCUT2D eigenvalue weighted by atomic mass is 35.5. The first-order valence-electron chi connectivity index (χ1n) is 10.2. The van der Waals surface area contributed by atoms with Gasteiger partial charge < -0.3 is 20.1 Å². The third-order valence-corrected chi connectivity index (χ3v) is 7.32. The van der Waals surface area contributed by atoms with E-state index in [1.165, 1.54) is 11.3 Å². The first-order valence-corrected chi connectivity index (χ1v) is 11.4. The van der Waals surface area contributed by atoms with E-state index in [2.05, 4.69) is 5.32 Å². The summed E-state index contributed by atoms with van der Waals surface area (Å²) >= 11 is 7.66. The van der Waals surface area contributed by atoms with Gasteiger partial charge in [-0.25, -0.2) is 4.79 Å². The zero-order chi connectivity index (χ0) is 23.4. The number of aromatic nitrogens is 1. The number of rotatable bonds is 4. The predicted octanol–water partition coefficient (Wildman–Crippen LogP) is 5.07. The number of carbonyl (C=O) groups is 2. The molecule has 3 N–H and O–H groups in total. The maximum Gasteiger partial charge on any atom is 0.354 e. The summed E-state index contributed by atoms with van der Waals surface area (Å²) < 4.78 is 1.64. The lowest BCUT2D eigenvalue weighted by molar-refractivity contribution is 0.0686. The number of aryl methyl sites for hydroxylation is 1. The molecule has 0 aliphatic carbocycles. The lowest BCUT2D eigenvalue weighted by atomic mass is 10.1. The van der Waals surface area contributed by atoms with Crippen molar-refractivity contribution in [3.05, 3.63) is 80.8 Å². The molecule has 5 rings (SSSR count). The second kappa shape index (κ2) is 7.91. The normalized spacial score (nSPS) is 15.6. The predicted molar refractivity (Wildman–Crippen MR) is 130 cm³/mol. The summed E-state index contributed by atoms with van der Waals surface area (Å²) in [7, 11) is 0. The highest BCUT2D eigenvalue weighted by Gasteiger charge is 2.40. The minimum atomic E-state index is -1.43. The van der Waals surface area contributed by atoms with Gasteiger partial charge in [0, 0.05) is 21.8 Å². The smallest absolute Gasteiger partial charge is 0.354 e. The molecule has 0 bridgehead atoms. The Hall–Kier alpha value is -3.33. The van der Waals surface area contributed by atoms with Crippen molar-refractivity contribution in [3.8, 4) is 0 Å². The minimum Gasteiger partial charge on any atom is -0.477 e. The summed E-state index contributed by atoms with van der Waals surface area (Å²) in [6.07, 6.45) is -1.43. The van der Waals surface area contributed by atoms with Crippen LogP contribution in [0.2, 0.25) is 5.02 Å². The molecule has 0 saturated carbocycles. The summed E-state index contributed by atoms with van der Waals surface area (Å²) in [5.74, 6) is -1.67. The number of nitrogens with zero attached hydrogens (tertiary/aromatic N) is 2. The summed E-state index contributed by atoms with van der Waals surface area (Å²) in [5, 5.41) is 25.6. The number of aliphatic hydroxyl groups excluding tert-OH is 1. The Bertz CT molecular complexity index is 1430. The molecular weight excluding hydrogens is 462 g/mol. The molecule has 2 aromatic carbocycles. The number of amides is 1. The van der Waals surface area contributed by atoms with Crippen molar-refractivity contribution < 1.29 is 19.8 Å². The molecular formula is C24H20ClN3O4S. The SMILES string of the molecule is Cc1sc2c(c1C)C(=O)N(c1c(C(=O)O)n(Cc3ccccc3)c3ccc(Cl)cc13)C(O)N2. The van der Waals surface area contributed by atoms with Gasteiger partial charge in [-0.05, 0) is 43.2 Å². The van der Waals surface area contributed by atoms with Gasteiger partial charge in [0.25, 0.3) is 5.91 Å². The van der Waals surface area contributed by atoms with Gasteiger partial charge in [0.05, 0.1) is 16.8 Å². The molecule has 1 aliphatic heterocycles. The van der Waals surface area contributed by atoms with Crippen LogP contribution >= 0.6 is 22.9 Å². The van der Waals surface area contributed by atoms with Crippen molar-refractivity contribution in [1.29, 1.82) is 0 Å². The van der Waals surface area contributed by atoms with E-state index in [9.17, 15) is 19.8 Å². The quantitative estimate of drug-likeness (QED) is 0.378. The van der Waals surface area contributed by atoms with E-state index in [0.717, 1.165) is 20.9 Å². The Labute approximate surface area is 198 Å². The average Bonchev–Trinajstić information content (AvgIpc) is 3.22. The van der Waals surface area contributed by atoms with Gasteiger partial charge in [-0.1, -0.05) is 41.9 Å². The molecule has 0 spiro atoms. The molecule has 0 fully saturated rings. The van der Waals surface area contributed by atoms with Crippen molar-refractivity contribution in [3.63, 3.8) is 0 Å². The molecule has 7 nitrogen and oxygen atoms in total. The molecule has 1 amide bonds. The number of aliphatic hydroxyl groups is 1. The number of carbonyl (C=O) groups excluding carboxylic acids is 1.